The Labute approximate surface area is 310 Å². The van der Waals surface area contributed by atoms with Crippen molar-refractivity contribution in [3.05, 3.63) is 46.3 Å². The smallest absolute Gasteiger partial charge is 0.407 e. The minimum atomic E-state index is -2.00. The molecule has 1 aromatic carbocycles. The average molecular weight is 747 g/mol. The Bertz CT molecular complexity index is 1430. The number of ether oxygens (including phenoxy) is 7. The lowest BCUT2D eigenvalue weighted by molar-refractivity contribution is -0.318. The van der Waals surface area contributed by atoms with Crippen LogP contribution in [0.25, 0.3) is 10.4 Å². The number of hydrogen-bond acceptors (Lipinski definition) is 13. The molecule has 2 N–H and O–H groups in total. The van der Waals surface area contributed by atoms with Crippen LogP contribution in [0.5, 0.6) is 0 Å². The Kier molecular flexibility index (Phi) is 15.7. The molecule has 1 aromatic rings. The normalized spacial score (nSPS) is 30.5. The number of benzene rings is 1. The van der Waals surface area contributed by atoms with Crippen LogP contribution in [0.3, 0.4) is 0 Å². The van der Waals surface area contributed by atoms with E-state index in [2.05, 4.69) is 15.3 Å². The van der Waals surface area contributed by atoms with Gasteiger partial charge in [0.2, 0.25) is 0 Å². The summed E-state index contributed by atoms with van der Waals surface area (Å²) in [7, 11) is 1.20. The van der Waals surface area contributed by atoms with Gasteiger partial charge in [-0.1, -0.05) is 56.2 Å². The number of carbonyl (C=O) groups excluding carboxylic acids is 4. The number of azide groups is 1. The van der Waals surface area contributed by atoms with E-state index in [1.165, 1.54) is 14.0 Å². The summed E-state index contributed by atoms with van der Waals surface area (Å²) in [5, 5.41) is 17.9. The zero-order valence-corrected chi connectivity index (χ0v) is 31.2. The number of nitrogens with one attached hydrogen (secondary N) is 1. The number of alkyl carbamates (subject to hydrolysis) is 1. The maximum atomic E-state index is 13.5. The van der Waals surface area contributed by atoms with E-state index in [0.29, 0.717) is 38.8 Å². The van der Waals surface area contributed by atoms with Gasteiger partial charge in [-0.05, 0) is 61.0 Å². The number of methoxy groups -OCH3 is 1. The highest BCUT2D eigenvalue weighted by molar-refractivity contribution is 5.79. The van der Waals surface area contributed by atoms with Crippen LogP contribution >= 0.6 is 0 Å². The number of aliphatic hydroxyl groups is 1. The standard InChI is InChI=1S/C37H54N4O12/c1-6-22(2)33(51-24(4)42)34-27-18-30(43)52-29(27)19-37(53-34,35(45)47-5)50-21-26-17-28(31(40-41-38)32(44)23(26)3)48-16-12-8-11-15-39-36(46)49-20-25-13-9-7-10-14-25/h7,9-10,13-14,22-23,26-29,31-34,44H,6,8,11-12,15-21H2,1-5H3,(H,39,46)/t22-,23+,26?,27-,28-,29-,31?,32+,33-,34?,37-/m1/s1. The van der Waals surface area contributed by atoms with Crippen LogP contribution in [0.4, 0.5) is 4.79 Å². The lowest BCUT2D eigenvalue weighted by atomic mass is 9.74. The molecule has 2 heterocycles. The van der Waals surface area contributed by atoms with E-state index >= 15 is 0 Å². The van der Waals surface area contributed by atoms with Crippen molar-refractivity contribution in [3.8, 4) is 0 Å². The summed E-state index contributed by atoms with van der Waals surface area (Å²) in [5.41, 5.74) is 10.2. The van der Waals surface area contributed by atoms with Gasteiger partial charge >= 0.3 is 24.0 Å². The molecule has 294 valence electrons. The van der Waals surface area contributed by atoms with Crippen LogP contribution < -0.4 is 5.32 Å². The van der Waals surface area contributed by atoms with Crippen LogP contribution in [0.15, 0.2) is 35.4 Å². The van der Waals surface area contributed by atoms with E-state index in [-0.39, 0.29) is 37.9 Å². The van der Waals surface area contributed by atoms with Crippen molar-refractivity contribution in [1.29, 1.82) is 0 Å². The number of nitrogens with zero attached hydrogens (tertiary/aromatic N) is 3. The molecular weight excluding hydrogens is 692 g/mol. The van der Waals surface area contributed by atoms with Gasteiger partial charge in [-0.25, -0.2) is 9.59 Å². The van der Waals surface area contributed by atoms with E-state index in [1.807, 2.05) is 44.2 Å². The number of fused-ring (bicyclic) bond motifs is 1. The molecule has 2 aliphatic heterocycles. The second-order valence-electron chi connectivity index (χ2n) is 14.2. The van der Waals surface area contributed by atoms with E-state index in [9.17, 15) is 29.8 Å². The van der Waals surface area contributed by atoms with Crippen molar-refractivity contribution in [2.45, 2.75) is 122 Å². The molecular formula is C37H54N4O12. The summed E-state index contributed by atoms with van der Waals surface area (Å²) in [6.45, 7) is 7.77. The monoisotopic (exact) mass is 746 g/mol. The minimum absolute atomic E-state index is 0.0320. The Hall–Kier alpha value is -3.95. The minimum Gasteiger partial charge on any atom is -0.465 e. The molecule has 2 saturated heterocycles. The quantitative estimate of drug-likeness (QED) is 0.0520. The van der Waals surface area contributed by atoms with Crippen LogP contribution in [0.2, 0.25) is 0 Å². The first kappa shape index (κ1) is 41.8. The summed E-state index contributed by atoms with van der Waals surface area (Å²) in [6, 6.07) is 8.54. The molecule has 1 amide bonds. The molecule has 11 atom stereocenters. The fourth-order valence-corrected chi connectivity index (χ4v) is 7.35. The third-order valence-electron chi connectivity index (χ3n) is 10.6. The number of rotatable bonds is 18. The Morgan fingerprint density at radius 3 is 2.62 bits per heavy atom. The summed E-state index contributed by atoms with van der Waals surface area (Å²) in [4.78, 5) is 53.1. The Morgan fingerprint density at radius 1 is 1.19 bits per heavy atom. The SMILES string of the molecule is CC[C@@H](C)[C@@H](OC(C)=O)C1O[C@@](OCC2C[C@@H](OCCCCCNC(=O)OCc3ccccc3)C(N=[N+]=[N-])[C@@H](O)[C@H]2C)(C(=O)OC)C[C@H]2OC(=O)C[C@@H]12. The van der Waals surface area contributed by atoms with Gasteiger partial charge in [-0.15, -0.1) is 0 Å². The van der Waals surface area contributed by atoms with Gasteiger partial charge in [0, 0.05) is 30.9 Å². The van der Waals surface area contributed by atoms with E-state index in [4.69, 9.17) is 33.2 Å². The van der Waals surface area contributed by atoms with E-state index < -0.39 is 78.2 Å². The van der Waals surface area contributed by atoms with Crippen LogP contribution in [0.1, 0.15) is 78.2 Å². The summed E-state index contributed by atoms with van der Waals surface area (Å²) < 4.78 is 40.8. The van der Waals surface area contributed by atoms with Crippen molar-refractivity contribution in [1.82, 2.24) is 5.32 Å². The molecule has 0 aromatic heterocycles. The van der Waals surface area contributed by atoms with E-state index in [0.717, 1.165) is 12.0 Å². The molecule has 4 rings (SSSR count). The predicted octanol–water partition coefficient (Wildman–Crippen LogP) is 4.75. The number of carbonyl (C=O) groups is 4. The van der Waals surface area contributed by atoms with E-state index in [1.54, 1.807) is 6.92 Å². The maximum absolute atomic E-state index is 13.5. The van der Waals surface area contributed by atoms with Crippen LogP contribution in [0, 0.1) is 23.7 Å². The van der Waals surface area contributed by atoms with Gasteiger partial charge in [-0.3, -0.25) is 9.59 Å². The van der Waals surface area contributed by atoms with Gasteiger partial charge in [0.05, 0.1) is 44.8 Å². The van der Waals surface area contributed by atoms with Gasteiger partial charge < -0.3 is 43.6 Å². The predicted molar refractivity (Wildman–Crippen MR) is 188 cm³/mol. The molecule has 53 heavy (non-hydrogen) atoms. The zero-order chi connectivity index (χ0) is 38.5. The number of hydrogen-bond donors (Lipinski definition) is 2. The topological polar surface area (TPSA) is 214 Å². The van der Waals surface area contributed by atoms with Gasteiger partial charge in [-0.2, -0.15) is 0 Å². The van der Waals surface area contributed by atoms with Crippen molar-refractivity contribution < 1.29 is 57.4 Å². The lowest BCUT2D eigenvalue weighted by Gasteiger charge is -2.47. The number of amides is 1. The van der Waals surface area contributed by atoms with Crippen molar-refractivity contribution in [2.75, 3.05) is 26.9 Å². The first-order valence-corrected chi connectivity index (χ1v) is 18.5. The highest BCUT2D eigenvalue weighted by Gasteiger charge is 2.60. The fraction of sp³-hybridized carbons (Fsp3) is 0.730. The van der Waals surface area contributed by atoms with Crippen molar-refractivity contribution in [2.24, 2.45) is 28.8 Å². The molecule has 16 nitrogen and oxygen atoms in total. The Morgan fingerprint density at radius 2 is 1.94 bits per heavy atom. The number of aliphatic hydroxyl groups excluding tert-OH is 1. The molecule has 3 aliphatic rings. The average Bonchev–Trinajstić information content (AvgIpc) is 3.53. The van der Waals surface area contributed by atoms with Gasteiger partial charge in [0.1, 0.15) is 24.9 Å². The first-order chi connectivity index (χ1) is 25.4. The highest BCUT2D eigenvalue weighted by Crippen LogP contribution is 2.45. The first-order valence-electron chi connectivity index (χ1n) is 18.5. The maximum Gasteiger partial charge on any atom is 0.407 e. The second kappa shape index (κ2) is 19.9. The summed E-state index contributed by atoms with van der Waals surface area (Å²) >= 11 is 0. The fourth-order valence-electron chi connectivity index (χ4n) is 7.35. The third kappa shape index (κ3) is 11.0. The summed E-state index contributed by atoms with van der Waals surface area (Å²) in [6.07, 6.45) is -1.74. The molecule has 3 fully saturated rings. The summed E-state index contributed by atoms with van der Waals surface area (Å²) in [5.74, 6) is -5.29. The molecule has 0 spiro atoms. The van der Waals surface area contributed by atoms with Crippen molar-refractivity contribution >= 4 is 24.0 Å². The second-order valence-corrected chi connectivity index (χ2v) is 14.2. The molecule has 1 aliphatic carbocycles. The third-order valence-corrected chi connectivity index (χ3v) is 10.6. The number of unbranched alkanes of at least 4 members (excludes halogenated alkanes) is 2. The van der Waals surface area contributed by atoms with Crippen LogP contribution in [-0.2, 0) is 54.1 Å². The molecule has 1 saturated carbocycles. The molecule has 16 heteroatoms. The Balaban J connectivity index is 1.37. The molecule has 0 radical (unpaired) electrons. The lowest BCUT2D eigenvalue weighted by Crippen LogP contribution is -2.61. The number of esters is 3. The molecule has 3 unspecified atom stereocenters. The largest absolute Gasteiger partial charge is 0.465 e. The molecule has 0 bridgehead atoms. The highest BCUT2D eigenvalue weighted by atomic mass is 16.7. The van der Waals surface area contributed by atoms with Crippen molar-refractivity contribution in [3.63, 3.8) is 0 Å². The van der Waals surface area contributed by atoms with Crippen LogP contribution in [-0.4, -0.2) is 98.3 Å². The zero-order valence-electron chi connectivity index (χ0n) is 31.2. The van der Waals surface area contributed by atoms with Gasteiger partial charge in [0.15, 0.2) is 0 Å². The van der Waals surface area contributed by atoms with Gasteiger partial charge in [0.25, 0.3) is 5.79 Å².